The second-order valence-corrected chi connectivity index (χ2v) is 4.41. The van der Waals surface area contributed by atoms with Crippen LogP contribution >= 0.6 is 0 Å². The summed E-state index contributed by atoms with van der Waals surface area (Å²) in [5, 5.41) is 3.90. The Hall–Kier alpha value is -2.09. The molecule has 1 aromatic carbocycles. The van der Waals surface area contributed by atoms with Crippen LogP contribution in [-0.2, 0) is 13.2 Å². The van der Waals surface area contributed by atoms with E-state index in [-0.39, 0.29) is 17.0 Å². The zero-order chi connectivity index (χ0) is 15.8. The van der Waals surface area contributed by atoms with Crippen molar-refractivity contribution in [3.8, 4) is 5.75 Å². The number of aryl methyl sites for hydroxylation is 1. The molecule has 0 bridgehead atoms. The van der Waals surface area contributed by atoms with Gasteiger partial charge in [-0.3, -0.25) is 4.68 Å². The van der Waals surface area contributed by atoms with Gasteiger partial charge in [0.2, 0.25) is 0 Å². The monoisotopic (exact) mass is 303 g/mol. The number of nitrogens with zero attached hydrogens (tertiary/aromatic N) is 2. The summed E-state index contributed by atoms with van der Waals surface area (Å²) in [5.74, 6) is -1.11. The number of benzene rings is 1. The van der Waals surface area contributed by atoms with E-state index in [1.165, 1.54) is 24.1 Å². The topological polar surface area (TPSA) is 53.1 Å². The Morgan fingerprint density at radius 3 is 2.57 bits per heavy atom. The maximum absolute atomic E-state index is 14.1. The first-order chi connectivity index (χ1) is 9.77. The van der Waals surface area contributed by atoms with Crippen LogP contribution in [0.25, 0.3) is 0 Å². The number of rotatable bonds is 3. The summed E-state index contributed by atoms with van der Waals surface area (Å²) in [6, 6.07) is 1.87. The molecule has 1 atom stereocenters. The highest BCUT2D eigenvalue weighted by Crippen LogP contribution is 2.36. The van der Waals surface area contributed by atoms with Crippen LogP contribution in [0.4, 0.5) is 17.6 Å². The quantitative estimate of drug-likeness (QED) is 0.887. The molecule has 0 fully saturated rings. The molecule has 4 nitrogen and oxygen atoms in total. The van der Waals surface area contributed by atoms with Crippen LogP contribution in [-0.4, -0.2) is 16.9 Å². The van der Waals surface area contributed by atoms with Crippen molar-refractivity contribution in [2.45, 2.75) is 12.2 Å². The Morgan fingerprint density at radius 1 is 1.33 bits per heavy atom. The van der Waals surface area contributed by atoms with Crippen LogP contribution in [0.2, 0.25) is 0 Å². The fourth-order valence-corrected chi connectivity index (χ4v) is 2.09. The van der Waals surface area contributed by atoms with Crippen LogP contribution in [0, 0.1) is 5.82 Å². The summed E-state index contributed by atoms with van der Waals surface area (Å²) < 4.78 is 58.7. The second-order valence-electron chi connectivity index (χ2n) is 4.41. The van der Waals surface area contributed by atoms with Gasteiger partial charge in [0, 0.05) is 12.6 Å². The SMILES string of the molecule is COc1cnn(C)c1C(N)c1cccc(C(F)(F)F)c1F. The van der Waals surface area contributed by atoms with Crippen molar-refractivity contribution in [2.75, 3.05) is 7.11 Å². The lowest BCUT2D eigenvalue weighted by atomic mass is 10.00. The molecule has 2 N–H and O–H groups in total. The van der Waals surface area contributed by atoms with Gasteiger partial charge in [-0.1, -0.05) is 12.1 Å². The average Bonchev–Trinajstić information content (AvgIpc) is 2.78. The third-order valence-corrected chi connectivity index (χ3v) is 3.13. The van der Waals surface area contributed by atoms with Crippen molar-refractivity contribution in [3.63, 3.8) is 0 Å². The van der Waals surface area contributed by atoms with E-state index in [2.05, 4.69) is 5.10 Å². The summed E-state index contributed by atoms with van der Waals surface area (Å²) in [6.45, 7) is 0. The Morgan fingerprint density at radius 2 is 2.00 bits per heavy atom. The average molecular weight is 303 g/mol. The van der Waals surface area contributed by atoms with Crippen molar-refractivity contribution >= 4 is 0 Å². The second kappa shape index (κ2) is 5.36. The lowest BCUT2D eigenvalue weighted by Crippen LogP contribution is -2.20. The summed E-state index contributed by atoms with van der Waals surface area (Å²) in [4.78, 5) is 0. The standard InChI is InChI=1S/C13H13F4N3O/c1-20-12(9(21-2)6-19-20)11(18)7-4-3-5-8(10(7)14)13(15,16)17/h3-6,11H,18H2,1-2H3. The first-order valence-electron chi connectivity index (χ1n) is 5.94. The molecule has 114 valence electrons. The van der Waals surface area contributed by atoms with E-state index in [9.17, 15) is 17.6 Å². The molecule has 0 radical (unpaired) electrons. The van der Waals surface area contributed by atoms with Crippen molar-refractivity contribution in [1.29, 1.82) is 0 Å². The highest BCUT2D eigenvalue weighted by atomic mass is 19.4. The van der Waals surface area contributed by atoms with Gasteiger partial charge in [0.25, 0.3) is 0 Å². The molecule has 1 aromatic heterocycles. The molecule has 0 aliphatic rings. The summed E-state index contributed by atoms with van der Waals surface area (Å²) in [6.07, 6.45) is -3.42. The van der Waals surface area contributed by atoms with Gasteiger partial charge in [0.1, 0.15) is 11.5 Å². The maximum Gasteiger partial charge on any atom is 0.419 e. The first kappa shape index (κ1) is 15.3. The van der Waals surface area contributed by atoms with Crippen molar-refractivity contribution in [2.24, 2.45) is 12.8 Å². The van der Waals surface area contributed by atoms with Crippen molar-refractivity contribution in [3.05, 3.63) is 47.0 Å². The van der Waals surface area contributed by atoms with Gasteiger partial charge in [0.15, 0.2) is 5.75 Å². The van der Waals surface area contributed by atoms with Crippen LogP contribution in [0.1, 0.15) is 22.9 Å². The number of hydrogen-bond acceptors (Lipinski definition) is 3. The van der Waals surface area contributed by atoms with Gasteiger partial charge in [-0.05, 0) is 6.07 Å². The Kier molecular flexibility index (Phi) is 3.91. The van der Waals surface area contributed by atoms with Crippen LogP contribution in [0.3, 0.4) is 0 Å². The van der Waals surface area contributed by atoms with Gasteiger partial charge >= 0.3 is 6.18 Å². The van der Waals surface area contributed by atoms with E-state index >= 15 is 0 Å². The van der Waals surface area contributed by atoms with E-state index < -0.39 is 23.6 Å². The van der Waals surface area contributed by atoms with Crippen molar-refractivity contribution < 1.29 is 22.3 Å². The molecule has 0 aliphatic heterocycles. The number of aromatic nitrogens is 2. The summed E-state index contributed by atoms with van der Waals surface area (Å²) in [7, 11) is 2.92. The summed E-state index contributed by atoms with van der Waals surface area (Å²) >= 11 is 0. The summed E-state index contributed by atoms with van der Waals surface area (Å²) in [5.41, 5.74) is 4.57. The fourth-order valence-electron chi connectivity index (χ4n) is 2.09. The highest BCUT2D eigenvalue weighted by Gasteiger charge is 2.36. The number of methoxy groups -OCH3 is 1. The molecule has 2 aromatic rings. The smallest absolute Gasteiger partial charge is 0.419 e. The first-order valence-corrected chi connectivity index (χ1v) is 5.94. The number of hydrogen-bond donors (Lipinski definition) is 1. The molecule has 1 unspecified atom stereocenters. The predicted molar refractivity (Wildman–Crippen MR) is 67.2 cm³/mol. The number of ether oxygens (including phenoxy) is 1. The zero-order valence-corrected chi connectivity index (χ0v) is 11.3. The van der Waals surface area contributed by atoms with Gasteiger partial charge < -0.3 is 10.5 Å². The minimum atomic E-state index is -4.78. The van der Waals surface area contributed by atoms with Gasteiger partial charge in [0.05, 0.1) is 24.9 Å². The molecule has 8 heteroatoms. The highest BCUT2D eigenvalue weighted by molar-refractivity contribution is 5.39. The predicted octanol–water partition coefficient (Wildman–Crippen LogP) is 2.63. The van der Waals surface area contributed by atoms with E-state index in [1.54, 1.807) is 7.05 Å². The molecule has 0 amide bonds. The molecule has 2 rings (SSSR count). The molecule has 21 heavy (non-hydrogen) atoms. The Labute approximate surface area is 118 Å². The fraction of sp³-hybridized carbons (Fsp3) is 0.308. The van der Waals surface area contributed by atoms with Crippen molar-refractivity contribution in [1.82, 2.24) is 9.78 Å². The largest absolute Gasteiger partial charge is 0.493 e. The maximum atomic E-state index is 14.1. The van der Waals surface area contributed by atoms with Crippen LogP contribution in [0.5, 0.6) is 5.75 Å². The lowest BCUT2D eigenvalue weighted by Gasteiger charge is -2.17. The van der Waals surface area contributed by atoms with E-state index in [0.29, 0.717) is 6.07 Å². The van der Waals surface area contributed by atoms with Gasteiger partial charge in [-0.15, -0.1) is 0 Å². The number of nitrogens with two attached hydrogens (primary N) is 1. The number of halogens is 4. The third kappa shape index (κ3) is 2.71. The molecular weight excluding hydrogens is 290 g/mol. The minimum Gasteiger partial charge on any atom is -0.493 e. The van der Waals surface area contributed by atoms with E-state index in [0.717, 1.165) is 6.07 Å². The normalized spacial score (nSPS) is 13.3. The molecule has 0 saturated carbocycles. The molecular formula is C13H13F4N3O. The van der Waals surface area contributed by atoms with E-state index in [4.69, 9.17) is 10.5 Å². The molecule has 0 saturated heterocycles. The minimum absolute atomic E-state index is 0.272. The zero-order valence-electron chi connectivity index (χ0n) is 11.3. The molecule has 0 spiro atoms. The Bertz CT molecular complexity index is 651. The Balaban J connectivity index is 2.54. The van der Waals surface area contributed by atoms with Crippen LogP contribution < -0.4 is 10.5 Å². The molecule has 1 heterocycles. The molecule has 0 aliphatic carbocycles. The third-order valence-electron chi connectivity index (χ3n) is 3.13. The van der Waals surface area contributed by atoms with E-state index in [1.807, 2.05) is 0 Å². The lowest BCUT2D eigenvalue weighted by molar-refractivity contribution is -0.140. The number of alkyl halides is 3. The van der Waals surface area contributed by atoms with Crippen LogP contribution in [0.15, 0.2) is 24.4 Å². The van der Waals surface area contributed by atoms with Gasteiger partial charge in [-0.2, -0.15) is 18.3 Å². The van der Waals surface area contributed by atoms with Gasteiger partial charge in [-0.25, -0.2) is 4.39 Å².